The summed E-state index contributed by atoms with van der Waals surface area (Å²) in [5.74, 6) is -0.224. The molecule has 0 saturated heterocycles. The highest BCUT2D eigenvalue weighted by Crippen LogP contribution is 2.51. The van der Waals surface area contributed by atoms with Gasteiger partial charge < -0.3 is 9.84 Å². The van der Waals surface area contributed by atoms with Crippen LogP contribution in [0.15, 0.2) is 30.3 Å². The maximum Gasteiger partial charge on any atom is 0.321 e. The van der Waals surface area contributed by atoms with Crippen LogP contribution in [0.4, 0.5) is 0 Å². The van der Waals surface area contributed by atoms with Gasteiger partial charge in [0.15, 0.2) is 6.29 Å². The average molecular weight is 501 g/mol. The summed E-state index contributed by atoms with van der Waals surface area (Å²) in [6.45, 7) is 6.86. The summed E-state index contributed by atoms with van der Waals surface area (Å²) >= 11 is 0. The van der Waals surface area contributed by atoms with E-state index in [1.807, 2.05) is 38.1 Å². The van der Waals surface area contributed by atoms with Gasteiger partial charge in [-0.3, -0.25) is 14.9 Å². The molecular formula is C29H44N2O5. The van der Waals surface area contributed by atoms with E-state index in [0.29, 0.717) is 25.0 Å². The van der Waals surface area contributed by atoms with Gasteiger partial charge in [0.05, 0.1) is 6.61 Å². The molecule has 2 aliphatic rings. The summed E-state index contributed by atoms with van der Waals surface area (Å²) in [5, 5.41) is 13.7. The maximum absolute atomic E-state index is 12.5. The molecule has 0 spiro atoms. The monoisotopic (exact) mass is 500 g/mol. The molecule has 0 aromatic heterocycles. The fourth-order valence-corrected chi connectivity index (χ4v) is 5.92. The van der Waals surface area contributed by atoms with Crippen molar-refractivity contribution < 1.29 is 24.3 Å². The third kappa shape index (κ3) is 8.15. The molecule has 1 aromatic rings. The van der Waals surface area contributed by atoms with E-state index in [2.05, 4.69) is 10.8 Å². The van der Waals surface area contributed by atoms with Gasteiger partial charge in [-0.2, -0.15) is 0 Å². The third-order valence-corrected chi connectivity index (χ3v) is 7.65. The topological polar surface area (TPSA) is 96.9 Å². The number of carboxylic acid groups (broad SMARTS) is 1. The standard InChI is InChI=1S/C29H44N2O5/c1-21(2)20-35-22(3)36-31-26(32)15-14-23-10-9-11-24(18-23)19-30-27(28(33)34)29(16-7-4-8-17-29)25-12-5-6-13-25/h9-11,14-15,18,21-22,25,27,30H,4-8,12-13,16-17,19-20H2,1-3H3,(H,31,32)(H,33,34)/t22?,27-/m1/s1. The van der Waals surface area contributed by atoms with E-state index in [1.54, 1.807) is 13.0 Å². The van der Waals surface area contributed by atoms with Crippen LogP contribution < -0.4 is 10.8 Å². The van der Waals surface area contributed by atoms with Crippen LogP contribution >= 0.6 is 0 Å². The van der Waals surface area contributed by atoms with Crippen LogP contribution in [0.5, 0.6) is 0 Å². The number of benzene rings is 1. The molecule has 0 aliphatic heterocycles. The normalized spacial score (nSPS) is 20.0. The van der Waals surface area contributed by atoms with E-state index in [9.17, 15) is 14.7 Å². The lowest BCUT2D eigenvalue weighted by Gasteiger charge is -2.46. The first-order chi connectivity index (χ1) is 17.3. The van der Waals surface area contributed by atoms with Crippen molar-refractivity contribution in [1.82, 2.24) is 10.8 Å². The van der Waals surface area contributed by atoms with Crippen LogP contribution in [0.25, 0.3) is 6.08 Å². The zero-order valence-electron chi connectivity index (χ0n) is 22.1. The number of hydroxylamine groups is 1. The summed E-state index contributed by atoms with van der Waals surface area (Å²) in [6, 6.07) is 7.27. The molecule has 7 heteroatoms. The number of carbonyl (C=O) groups is 2. The van der Waals surface area contributed by atoms with Gasteiger partial charge in [-0.05, 0) is 67.1 Å². The largest absolute Gasteiger partial charge is 0.480 e. The number of aliphatic carboxylic acids is 1. The lowest BCUT2D eigenvalue weighted by Crippen LogP contribution is -2.54. The molecule has 3 N–H and O–H groups in total. The van der Waals surface area contributed by atoms with Gasteiger partial charge in [-0.25, -0.2) is 10.3 Å². The Morgan fingerprint density at radius 3 is 2.50 bits per heavy atom. The Morgan fingerprint density at radius 2 is 1.83 bits per heavy atom. The molecule has 0 radical (unpaired) electrons. The van der Waals surface area contributed by atoms with E-state index in [0.717, 1.165) is 49.7 Å². The van der Waals surface area contributed by atoms with Crippen LogP contribution in [-0.4, -0.2) is 35.9 Å². The van der Waals surface area contributed by atoms with Crippen LogP contribution in [0, 0.1) is 17.3 Å². The first-order valence-corrected chi connectivity index (χ1v) is 13.6. The first kappa shape index (κ1) is 28.4. The Morgan fingerprint density at radius 1 is 1.11 bits per heavy atom. The number of carboxylic acids is 1. The number of nitrogens with one attached hydrogen (secondary N) is 2. The van der Waals surface area contributed by atoms with Gasteiger partial charge in [-0.1, -0.05) is 70.2 Å². The second-order valence-electron chi connectivity index (χ2n) is 10.9. The number of hydrogen-bond donors (Lipinski definition) is 3. The summed E-state index contributed by atoms with van der Waals surface area (Å²) in [7, 11) is 0. The van der Waals surface area contributed by atoms with Crippen molar-refractivity contribution in [2.24, 2.45) is 17.3 Å². The minimum absolute atomic E-state index is 0.147. The zero-order chi connectivity index (χ0) is 26.0. The lowest BCUT2D eigenvalue weighted by atomic mass is 9.61. The molecule has 2 aliphatic carbocycles. The second kappa shape index (κ2) is 13.9. The Bertz CT molecular complexity index is 872. The highest BCUT2D eigenvalue weighted by Gasteiger charge is 2.49. The Kier molecular flexibility index (Phi) is 11.0. The summed E-state index contributed by atoms with van der Waals surface area (Å²) in [6.07, 6.45) is 12.8. The second-order valence-corrected chi connectivity index (χ2v) is 10.9. The molecule has 36 heavy (non-hydrogen) atoms. The van der Waals surface area contributed by atoms with Gasteiger partial charge in [0.1, 0.15) is 6.04 Å². The zero-order valence-corrected chi connectivity index (χ0v) is 22.1. The van der Waals surface area contributed by atoms with Gasteiger partial charge >= 0.3 is 5.97 Å². The molecule has 0 bridgehead atoms. The number of amides is 1. The van der Waals surface area contributed by atoms with Crippen molar-refractivity contribution in [2.75, 3.05) is 6.61 Å². The molecule has 0 heterocycles. The number of hydrogen-bond acceptors (Lipinski definition) is 5. The van der Waals surface area contributed by atoms with E-state index >= 15 is 0 Å². The van der Waals surface area contributed by atoms with Crippen molar-refractivity contribution in [3.8, 4) is 0 Å². The minimum atomic E-state index is -0.733. The Hall–Kier alpha value is -2.22. The van der Waals surface area contributed by atoms with Gasteiger partial charge in [0.2, 0.25) is 0 Å². The molecule has 1 amide bonds. The van der Waals surface area contributed by atoms with E-state index in [-0.39, 0.29) is 11.3 Å². The fraction of sp³-hybridized carbons (Fsp3) is 0.655. The number of rotatable bonds is 13. The summed E-state index contributed by atoms with van der Waals surface area (Å²) in [4.78, 5) is 29.8. The SMILES string of the molecule is CC(C)COC(C)ONC(=O)C=Cc1cccc(CN[C@H](C(=O)O)C2(C3CCCC3)CCCCC2)c1. The fourth-order valence-electron chi connectivity index (χ4n) is 5.92. The smallest absolute Gasteiger partial charge is 0.321 e. The maximum atomic E-state index is 12.5. The quantitative estimate of drug-likeness (QED) is 0.189. The predicted molar refractivity (Wildman–Crippen MR) is 141 cm³/mol. The molecule has 1 aromatic carbocycles. The van der Waals surface area contributed by atoms with Crippen LogP contribution in [-0.2, 0) is 25.7 Å². The molecular weight excluding hydrogens is 456 g/mol. The van der Waals surface area contributed by atoms with Crippen molar-refractivity contribution in [3.05, 3.63) is 41.5 Å². The molecule has 2 saturated carbocycles. The molecule has 2 atom stereocenters. The van der Waals surface area contributed by atoms with Crippen LogP contribution in [0.2, 0.25) is 0 Å². The molecule has 200 valence electrons. The number of ether oxygens (including phenoxy) is 1. The third-order valence-electron chi connectivity index (χ3n) is 7.65. The van der Waals surface area contributed by atoms with Crippen molar-refractivity contribution in [1.29, 1.82) is 0 Å². The minimum Gasteiger partial charge on any atom is -0.480 e. The Balaban J connectivity index is 1.58. The number of carbonyl (C=O) groups excluding carboxylic acids is 1. The van der Waals surface area contributed by atoms with Crippen molar-refractivity contribution in [2.45, 2.75) is 97.4 Å². The molecule has 1 unspecified atom stereocenters. The van der Waals surface area contributed by atoms with Crippen molar-refractivity contribution in [3.63, 3.8) is 0 Å². The van der Waals surface area contributed by atoms with Crippen LogP contribution in [0.3, 0.4) is 0 Å². The highest BCUT2D eigenvalue weighted by atomic mass is 16.8. The average Bonchev–Trinajstić information content (AvgIpc) is 3.41. The first-order valence-electron chi connectivity index (χ1n) is 13.6. The van der Waals surface area contributed by atoms with Gasteiger partial charge in [-0.15, -0.1) is 0 Å². The predicted octanol–water partition coefficient (Wildman–Crippen LogP) is 5.45. The van der Waals surface area contributed by atoms with Gasteiger partial charge in [0, 0.05) is 12.6 Å². The summed E-state index contributed by atoms with van der Waals surface area (Å²) in [5.41, 5.74) is 4.09. The highest BCUT2D eigenvalue weighted by molar-refractivity contribution is 5.90. The van der Waals surface area contributed by atoms with Gasteiger partial charge in [0.25, 0.3) is 5.91 Å². The van der Waals surface area contributed by atoms with E-state index in [1.165, 1.54) is 25.3 Å². The Labute approximate surface area is 216 Å². The van der Waals surface area contributed by atoms with E-state index < -0.39 is 18.3 Å². The molecule has 3 rings (SSSR count). The van der Waals surface area contributed by atoms with E-state index in [4.69, 9.17) is 9.57 Å². The van der Waals surface area contributed by atoms with Crippen molar-refractivity contribution >= 4 is 18.0 Å². The van der Waals surface area contributed by atoms with Crippen LogP contribution in [0.1, 0.15) is 89.7 Å². The molecule has 7 nitrogen and oxygen atoms in total. The molecule has 2 fully saturated rings. The summed E-state index contributed by atoms with van der Waals surface area (Å²) < 4.78 is 5.47. The lowest BCUT2D eigenvalue weighted by molar-refractivity contribution is -0.180.